The van der Waals surface area contributed by atoms with Gasteiger partial charge in [0.1, 0.15) is 10.1 Å². The lowest BCUT2D eigenvalue weighted by atomic mass is 10.1. The molecule has 2 heterocycles. The number of furan rings is 1. The molecule has 0 aliphatic carbocycles. The first-order valence-electron chi connectivity index (χ1n) is 5.61. The summed E-state index contributed by atoms with van der Waals surface area (Å²) in [6.45, 7) is 0. The van der Waals surface area contributed by atoms with Crippen molar-refractivity contribution < 1.29 is 9.21 Å². The Morgan fingerprint density at radius 1 is 1.21 bits per heavy atom. The van der Waals surface area contributed by atoms with Crippen molar-refractivity contribution >= 4 is 40.3 Å². The number of carbonyl (C=O) groups excluding carboxylic acids is 1. The predicted octanol–water partition coefficient (Wildman–Crippen LogP) is 3.44. The molecule has 5 heteroatoms. The van der Waals surface area contributed by atoms with Gasteiger partial charge in [0, 0.05) is 11.6 Å². The molecule has 2 aromatic rings. The van der Waals surface area contributed by atoms with E-state index in [0.717, 1.165) is 11.1 Å². The molecule has 0 bridgehead atoms. The molecule has 3 rings (SSSR count). The smallest absolute Gasteiger partial charge is 0.263 e. The minimum absolute atomic E-state index is 0.173. The van der Waals surface area contributed by atoms with E-state index in [1.807, 2.05) is 36.4 Å². The minimum atomic E-state index is -0.173. The molecule has 1 aliphatic rings. The predicted molar refractivity (Wildman–Crippen MR) is 80.5 cm³/mol. The number of benzene rings is 1. The van der Waals surface area contributed by atoms with Gasteiger partial charge in [0.25, 0.3) is 5.91 Å². The Labute approximate surface area is 119 Å². The number of hydrogen-bond donors (Lipinski definition) is 1. The van der Waals surface area contributed by atoms with Crippen LogP contribution < -0.4 is 5.32 Å². The molecule has 3 nitrogen and oxygen atoms in total. The van der Waals surface area contributed by atoms with Crippen molar-refractivity contribution in [1.29, 1.82) is 0 Å². The van der Waals surface area contributed by atoms with E-state index in [1.165, 1.54) is 11.8 Å². The Morgan fingerprint density at radius 3 is 2.68 bits per heavy atom. The largest absolute Gasteiger partial charge is 0.464 e. The van der Waals surface area contributed by atoms with Crippen LogP contribution in [0.5, 0.6) is 0 Å². The Morgan fingerprint density at radius 2 is 2.00 bits per heavy atom. The molecule has 1 amide bonds. The summed E-state index contributed by atoms with van der Waals surface area (Å²) < 4.78 is 5.93. The molecule has 1 aromatic heterocycles. The molecule has 1 saturated heterocycles. The molecule has 0 radical (unpaired) electrons. The fraction of sp³-hybridized carbons (Fsp3) is 0. The van der Waals surface area contributed by atoms with Crippen molar-refractivity contribution in [2.75, 3.05) is 0 Å². The van der Waals surface area contributed by atoms with E-state index in [9.17, 15) is 4.79 Å². The van der Waals surface area contributed by atoms with Crippen LogP contribution in [0.15, 0.2) is 52.0 Å². The second-order valence-electron chi connectivity index (χ2n) is 3.96. The third-order valence-electron chi connectivity index (χ3n) is 2.64. The van der Waals surface area contributed by atoms with Gasteiger partial charge in [-0.1, -0.05) is 54.3 Å². The number of thiocarbonyl (C=S) groups is 1. The van der Waals surface area contributed by atoms with Gasteiger partial charge in [0.2, 0.25) is 0 Å². The van der Waals surface area contributed by atoms with E-state index in [-0.39, 0.29) is 5.91 Å². The van der Waals surface area contributed by atoms with Crippen molar-refractivity contribution in [3.05, 3.63) is 53.3 Å². The summed E-state index contributed by atoms with van der Waals surface area (Å²) in [5.41, 5.74) is 2.06. The van der Waals surface area contributed by atoms with Crippen LogP contribution in [0.2, 0.25) is 0 Å². The summed E-state index contributed by atoms with van der Waals surface area (Å²) in [6, 6.07) is 11.8. The van der Waals surface area contributed by atoms with Crippen molar-refractivity contribution in [3.8, 4) is 11.1 Å². The standard InChI is InChI=1S/C14H9NO2S2/c16-13-12(19-14(18)15-13)7-11-6-10(8-17-11)9-4-2-1-3-5-9/h1-8H,(H,15,16,18). The summed E-state index contributed by atoms with van der Waals surface area (Å²) >= 11 is 6.18. The maximum absolute atomic E-state index is 11.5. The Kier molecular flexibility index (Phi) is 3.23. The van der Waals surface area contributed by atoms with Crippen LogP contribution in [0.3, 0.4) is 0 Å². The lowest BCUT2D eigenvalue weighted by Crippen LogP contribution is -2.17. The fourth-order valence-corrected chi connectivity index (χ4v) is 2.79. The van der Waals surface area contributed by atoms with Crippen LogP contribution in [0.4, 0.5) is 0 Å². The number of nitrogens with one attached hydrogen (secondary N) is 1. The van der Waals surface area contributed by atoms with Gasteiger partial charge >= 0.3 is 0 Å². The van der Waals surface area contributed by atoms with E-state index < -0.39 is 0 Å². The first kappa shape index (κ1) is 12.2. The van der Waals surface area contributed by atoms with E-state index in [2.05, 4.69) is 5.32 Å². The molecule has 0 spiro atoms. The first-order chi connectivity index (χ1) is 9.22. The van der Waals surface area contributed by atoms with Gasteiger partial charge in [-0.25, -0.2) is 0 Å². The average molecular weight is 287 g/mol. The number of amides is 1. The monoisotopic (exact) mass is 287 g/mol. The molecular weight excluding hydrogens is 278 g/mol. The van der Waals surface area contributed by atoms with Crippen LogP contribution in [0, 0.1) is 0 Å². The Hall–Kier alpha value is -1.85. The number of carbonyl (C=O) groups is 1. The van der Waals surface area contributed by atoms with Crippen molar-refractivity contribution in [2.45, 2.75) is 0 Å². The molecule has 1 aliphatic heterocycles. The highest BCUT2D eigenvalue weighted by atomic mass is 32.2. The summed E-state index contributed by atoms with van der Waals surface area (Å²) in [5.74, 6) is 0.467. The van der Waals surface area contributed by atoms with Crippen LogP contribution in [-0.2, 0) is 4.79 Å². The zero-order valence-electron chi connectivity index (χ0n) is 9.75. The molecule has 0 atom stereocenters. The van der Waals surface area contributed by atoms with E-state index in [0.29, 0.717) is 15.0 Å². The van der Waals surface area contributed by atoms with Crippen molar-refractivity contribution in [3.63, 3.8) is 0 Å². The Balaban J connectivity index is 1.89. The van der Waals surface area contributed by atoms with Crippen LogP contribution in [-0.4, -0.2) is 10.2 Å². The second-order valence-corrected chi connectivity index (χ2v) is 5.67. The third-order valence-corrected chi connectivity index (χ3v) is 3.80. The molecular formula is C14H9NO2S2. The van der Waals surface area contributed by atoms with E-state index in [4.69, 9.17) is 16.6 Å². The molecule has 1 N–H and O–H groups in total. The Bertz CT molecular complexity index is 674. The van der Waals surface area contributed by atoms with E-state index >= 15 is 0 Å². The lowest BCUT2D eigenvalue weighted by molar-refractivity contribution is -0.115. The van der Waals surface area contributed by atoms with Crippen LogP contribution in [0.25, 0.3) is 17.2 Å². The highest BCUT2D eigenvalue weighted by Crippen LogP contribution is 2.28. The van der Waals surface area contributed by atoms with Gasteiger partial charge in [-0.3, -0.25) is 4.79 Å². The van der Waals surface area contributed by atoms with Gasteiger partial charge in [-0.05, 0) is 11.6 Å². The topological polar surface area (TPSA) is 42.2 Å². The highest BCUT2D eigenvalue weighted by molar-refractivity contribution is 8.26. The average Bonchev–Trinajstić information content (AvgIpc) is 2.99. The lowest BCUT2D eigenvalue weighted by Gasteiger charge is -1.93. The minimum Gasteiger partial charge on any atom is -0.464 e. The fourth-order valence-electron chi connectivity index (χ4n) is 1.76. The summed E-state index contributed by atoms with van der Waals surface area (Å²) in [4.78, 5) is 12.1. The zero-order chi connectivity index (χ0) is 13.2. The molecule has 0 saturated carbocycles. The SMILES string of the molecule is O=C1NC(=S)SC1=Cc1cc(-c2ccccc2)co1. The van der Waals surface area contributed by atoms with Crippen LogP contribution >= 0.6 is 24.0 Å². The maximum atomic E-state index is 11.5. The van der Waals surface area contributed by atoms with Gasteiger partial charge in [-0.2, -0.15) is 0 Å². The normalized spacial score (nSPS) is 16.9. The van der Waals surface area contributed by atoms with Crippen LogP contribution in [0.1, 0.15) is 5.76 Å². The highest BCUT2D eigenvalue weighted by Gasteiger charge is 2.22. The summed E-state index contributed by atoms with van der Waals surface area (Å²) in [6.07, 6.45) is 3.38. The molecule has 19 heavy (non-hydrogen) atoms. The third kappa shape index (κ3) is 2.62. The first-order valence-corrected chi connectivity index (χ1v) is 6.84. The number of hydrogen-bond acceptors (Lipinski definition) is 4. The van der Waals surface area contributed by atoms with Crippen molar-refractivity contribution in [2.24, 2.45) is 0 Å². The summed E-state index contributed by atoms with van der Waals surface area (Å²) in [7, 11) is 0. The van der Waals surface area contributed by atoms with E-state index in [1.54, 1.807) is 12.3 Å². The number of thioether (sulfide) groups is 1. The van der Waals surface area contributed by atoms with Gasteiger partial charge in [0.05, 0.1) is 11.2 Å². The van der Waals surface area contributed by atoms with Gasteiger partial charge in [0.15, 0.2) is 0 Å². The quantitative estimate of drug-likeness (QED) is 0.678. The molecule has 94 valence electrons. The van der Waals surface area contributed by atoms with Gasteiger partial charge < -0.3 is 9.73 Å². The zero-order valence-corrected chi connectivity index (χ0v) is 11.4. The molecule has 0 unspecified atom stereocenters. The molecule has 1 fully saturated rings. The second kappa shape index (κ2) is 5.03. The van der Waals surface area contributed by atoms with Gasteiger partial charge in [-0.15, -0.1) is 0 Å². The maximum Gasteiger partial charge on any atom is 0.263 e. The van der Waals surface area contributed by atoms with Crippen molar-refractivity contribution in [1.82, 2.24) is 5.32 Å². The summed E-state index contributed by atoms with van der Waals surface area (Å²) in [5, 5.41) is 2.57. The molecule has 1 aromatic carbocycles. The number of rotatable bonds is 2.